The lowest BCUT2D eigenvalue weighted by Crippen LogP contribution is -2.47. The summed E-state index contributed by atoms with van der Waals surface area (Å²) in [6.45, 7) is 8.00. The summed E-state index contributed by atoms with van der Waals surface area (Å²) >= 11 is 0. The maximum Gasteiger partial charge on any atom is 0.227 e. The smallest absolute Gasteiger partial charge is 0.227 e. The van der Waals surface area contributed by atoms with Crippen LogP contribution in [0.2, 0.25) is 0 Å². The first-order valence-corrected chi connectivity index (χ1v) is 8.27. The van der Waals surface area contributed by atoms with Crippen LogP contribution in [0.4, 0.5) is 17.6 Å². The fourth-order valence-electron chi connectivity index (χ4n) is 2.61. The molecule has 0 saturated carbocycles. The molecule has 0 amide bonds. The van der Waals surface area contributed by atoms with Crippen molar-refractivity contribution in [2.45, 2.75) is 26.3 Å². The molecular formula is C17H24N6. The van der Waals surface area contributed by atoms with Gasteiger partial charge in [-0.25, -0.2) is 9.97 Å². The zero-order chi connectivity index (χ0) is 16.1. The Labute approximate surface area is 137 Å². The Morgan fingerprint density at radius 1 is 1.04 bits per heavy atom. The van der Waals surface area contributed by atoms with Crippen molar-refractivity contribution in [2.24, 2.45) is 0 Å². The van der Waals surface area contributed by atoms with Gasteiger partial charge in [0, 0.05) is 44.6 Å². The summed E-state index contributed by atoms with van der Waals surface area (Å²) in [7, 11) is 0. The molecule has 0 aromatic carbocycles. The monoisotopic (exact) mass is 312 g/mol. The number of anilines is 3. The van der Waals surface area contributed by atoms with E-state index in [1.54, 1.807) is 0 Å². The van der Waals surface area contributed by atoms with Crippen LogP contribution in [-0.2, 0) is 0 Å². The Balaban J connectivity index is 1.62. The third-order valence-corrected chi connectivity index (χ3v) is 4.19. The standard InChI is InChI=1S/C17H24N6/c1-3-14(2)20-15-7-9-19-17(21-15)23-12-10-22(11-13-23)16-6-4-5-8-18-16/h4-9,14H,3,10-13H2,1-2H3,(H,19,20,21). The van der Waals surface area contributed by atoms with Gasteiger partial charge in [-0.1, -0.05) is 13.0 Å². The fraction of sp³-hybridized carbons (Fsp3) is 0.471. The van der Waals surface area contributed by atoms with E-state index in [0.717, 1.165) is 50.2 Å². The minimum absolute atomic E-state index is 0.416. The van der Waals surface area contributed by atoms with Crippen LogP contribution in [0.5, 0.6) is 0 Å². The molecule has 3 heterocycles. The molecule has 3 rings (SSSR count). The molecule has 0 radical (unpaired) electrons. The van der Waals surface area contributed by atoms with Crippen LogP contribution < -0.4 is 15.1 Å². The van der Waals surface area contributed by atoms with Crippen molar-refractivity contribution in [1.29, 1.82) is 0 Å². The zero-order valence-electron chi connectivity index (χ0n) is 13.8. The van der Waals surface area contributed by atoms with Gasteiger partial charge in [0.15, 0.2) is 0 Å². The third kappa shape index (κ3) is 3.88. The molecule has 1 aliphatic rings. The maximum absolute atomic E-state index is 4.65. The van der Waals surface area contributed by atoms with E-state index in [2.05, 4.69) is 50.0 Å². The van der Waals surface area contributed by atoms with Gasteiger partial charge in [-0.15, -0.1) is 0 Å². The minimum Gasteiger partial charge on any atom is -0.367 e. The quantitative estimate of drug-likeness (QED) is 0.915. The summed E-state index contributed by atoms with van der Waals surface area (Å²) in [5, 5.41) is 3.41. The van der Waals surface area contributed by atoms with Crippen molar-refractivity contribution < 1.29 is 0 Å². The van der Waals surface area contributed by atoms with Gasteiger partial charge in [0.1, 0.15) is 11.6 Å². The van der Waals surface area contributed by atoms with Crippen LogP contribution in [-0.4, -0.2) is 47.2 Å². The van der Waals surface area contributed by atoms with Crippen molar-refractivity contribution in [3.8, 4) is 0 Å². The normalized spacial score (nSPS) is 16.3. The SMILES string of the molecule is CCC(C)Nc1ccnc(N2CCN(c3ccccn3)CC2)n1. The number of aromatic nitrogens is 3. The van der Waals surface area contributed by atoms with E-state index >= 15 is 0 Å². The van der Waals surface area contributed by atoms with Crippen LogP contribution in [0, 0.1) is 0 Å². The highest BCUT2D eigenvalue weighted by Gasteiger charge is 2.20. The first kappa shape index (κ1) is 15.5. The molecule has 6 heteroatoms. The Kier molecular flexibility index (Phi) is 4.90. The molecule has 2 aromatic rings. The van der Waals surface area contributed by atoms with Gasteiger partial charge >= 0.3 is 0 Å². The Morgan fingerprint density at radius 3 is 2.52 bits per heavy atom. The van der Waals surface area contributed by atoms with Crippen molar-refractivity contribution in [3.63, 3.8) is 0 Å². The highest BCUT2D eigenvalue weighted by Crippen LogP contribution is 2.17. The summed E-state index contributed by atoms with van der Waals surface area (Å²) in [5.74, 6) is 2.75. The van der Waals surface area contributed by atoms with Gasteiger partial charge in [-0.05, 0) is 31.5 Å². The Bertz CT molecular complexity index is 609. The van der Waals surface area contributed by atoms with Crippen molar-refractivity contribution in [1.82, 2.24) is 15.0 Å². The molecule has 0 spiro atoms. The van der Waals surface area contributed by atoms with Crippen LogP contribution in [0.1, 0.15) is 20.3 Å². The molecule has 23 heavy (non-hydrogen) atoms. The van der Waals surface area contributed by atoms with Crippen LogP contribution in [0.15, 0.2) is 36.7 Å². The summed E-state index contributed by atoms with van der Waals surface area (Å²) in [4.78, 5) is 18.0. The van der Waals surface area contributed by atoms with Gasteiger partial charge in [0.05, 0.1) is 0 Å². The van der Waals surface area contributed by atoms with Gasteiger partial charge in [0.25, 0.3) is 0 Å². The molecule has 0 bridgehead atoms. The molecule has 1 N–H and O–H groups in total. The van der Waals surface area contributed by atoms with Crippen molar-refractivity contribution in [2.75, 3.05) is 41.3 Å². The zero-order valence-corrected chi connectivity index (χ0v) is 13.8. The molecule has 2 aromatic heterocycles. The first-order valence-electron chi connectivity index (χ1n) is 8.27. The largest absolute Gasteiger partial charge is 0.367 e. The lowest BCUT2D eigenvalue weighted by molar-refractivity contribution is 0.634. The molecule has 1 aliphatic heterocycles. The predicted molar refractivity (Wildman–Crippen MR) is 94.1 cm³/mol. The summed E-state index contributed by atoms with van der Waals surface area (Å²) < 4.78 is 0. The van der Waals surface area contributed by atoms with E-state index in [0.29, 0.717) is 6.04 Å². The number of nitrogens with one attached hydrogen (secondary N) is 1. The topological polar surface area (TPSA) is 57.2 Å². The van der Waals surface area contributed by atoms with Crippen LogP contribution >= 0.6 is 0 Å². The van der Waals surface area contributed by atoms with E-state index < -0.39 is 0 Å². The molecule has 1 atom stereocenters. The Morgan fingerprint density at radius 2 is 1.83 bits per heavy atom. The lowest BCUT2D eigenvalue weighted by Gasteiger charge is -2.35. The van der Waals surface area contributed by atoms with E-state index in [9.17, 15) is 0 Å². The second kappa shape index (κ2) is 7.26. The Hall–Kier alpha value is -2.37. The third-order valence-electron chi connectivity index (χ3n) is 4.19. The molecule has 1 saturated heterocycles. The lowest BCUT2D eigenvalue weighted by atomic mass is 10.2. The number of rotatable bonds is 5. The number of pyridine rings is 1. The van der Waals surface area contributed by atoms with E-state index in [1.165, 1.54) is 0 Å². The van der Waals surface area contributed by atoms with E-state index in [-0.39, 0.29) is 0 Å². The van der Waals surface area contributed by atoms with Crippen LogP contribution in [0.3, 0.4) is 0 Å². The fourth-order valence-corrected chi connectivity index (χ4v) is 2.61. The van der Waals surface area contributed by atoms with E-state index in [1.807, 2.05) is 30.6 Å². The van der Waals surface area contributed by atoms with Gasteiger partial charge in [0.2, 0.25) is 5.95 Å². The first-order chi connectivity index (χ1) is 11.3. The summed E-state index contributed by atoms with van der Waals surface area (Å²) in [5.41, 5.74) is 0. The van der Waals surface area contributed by atoms with Crippen molar-refractivity contribution >= 4 is 17.6 Å². The number of nitrogens with zero attached hydrogens (tertiary/aromatic N) is 5. The van der Waals surface area contributed by atoms with Gasteiger partial charge in [-0.3, -0.25) is 0 Å². The second-order valence-corrected chi connectivity index (χ2v) is 5.86. The highest BCUT2D eigenvalue weighted by molar-refractivity contribution is 5.45. The van der Waals surface area contributed by atoms with Gasteiger partial charge < -0.3 is 15.1 Å². The average Bonchev–Trinajstić information content (AvgIpc) is 2.63. The second-order valence-electron chi connectivity index (χ2n) is 5.86. The van der Waals surface area contributed by atoms with E-state index in [4.69, 9.17) is 0 Å². The minimum atomic E-state index is 0.416. The highest BCUT2D eigenvalue weighted by atomic mass is 15.3. The van der Waals surface area contributed by atoms with Crippen LogP contribution in [0.25, 0.3) is 0 Å². The van der Waals surface area contributed by atoms with Gasteiger partial charge in [-0.2, -0.15) is 4.98 Å². The molecule has 122 valence electrons. The molecule has 1 unspecified atom stereocenters. The number of piperazine rings is 1. The predicted octanol–water partition coefficient (Wildman–Crippen LogP) is 2.41. The summed E-state index contributed by atoms with van der Waals surface area (Å²) in [6, 6.07) is 8.38. The molecule has 0 aliphatic carbocycles. The molecule has 1 fully saturated rings. The summed E-state index contributed by atoms with van der Waals surface area (Å²) in [6.07, 6.45) is 4.75. The average molecular weight is 312 g/mol. The molecular weight excluding hydrogens is 288 g/mol. The number of hydrogen-bond donors (Lipinski definition) is 1. The number of hydrogen-bond acceptors (Lipinski definition) is 6. The molecule has 6 nitrogen and oxygen atoms in total. The van der Waals surface area contributed by atoms with Crippen molar-refractivity contribution in [3.05, 3.63) is 36.7 Å². The maximum atomic E-state index is 4.65.